The van der Waals surface area contributed by atoms with E-state index >= 15 is 0 Å². The SMILES string of the molecule is CCC.[CH-]=O.[CH-]=O.[CH-]=O.[NH-]CC[N-]CC[N-]Cc1cc2ccc3cccc4ccc(c1)c2c34.[Tc+6]. The summed E-state index contributed by atoms with van der Waals surface area (Å²) in [6.07, 6.45) is 1.25. The quantitative estimate of drug-likeness (QED) is 0.115. The minimum atomic E-state index is 0. The van der Waals surface area contributed by atoms with Crippen LogP contribution in [0.15, 0.2) is 54.6 Å². The minimum Gasteiger partial charge on any atom is -0.679 e. The number of hydrogen-bond donors (Lipinski definition) is 0. The Morgan fingerprint density at radius 3 is 1.56 bits per heavy atom. The van der Waals surface area contributed by atoms with Gasteiger partial charge in [-0.1, -0.05) is 80.4 Å². The number of benzene rings is 4. The van der Waals surface area contributed by atoms with Crippen LogP contribution in [0.1, 0.15) is 25.8 Å². The van der Waals surface area contributed by atoms with E-state index in [4.69, 9.17) is 20.1 Å². The zero-order chi connectivity index (χ0) is 25.1. The van der Waals surface area contributed by atoms with E-state index in [-0.39, 0.29) is 20.1 Å². The average molecular weight is 544 g/mol. The third-order valence-corrected chi connectivity index (χ3v) is 4.50. The molecule has 4 aromatic carbocycles. The van der Waals surface area contributed by atoms with Crippen LogP contribution in [-0.4, -0.2) is 46.5 Å². The van der Waals surface area contributed by atoms with E-state index in [9.17, 15) is 0 Å². The fourth-order valence-electron chi connectivity index (χ4n) is 3.45. The van der Waals surface area contributed by atoms with Gasteiger partial charge in [0.15, 0.2) is 0 Å². The molecule has 0 fully saturated rings. The Bertz CT molecular complexity index is 977. The molecule has 0 bridgehead atoms. The van der Waals surface area contributed by atoms with Crippen LogP contribution in [0.4, 0.5) is 0 Å². The normalized spacial score (nSPS) is 9.26. The largest absolute Gasteiger partial charge is 6.00 e. The summed E-state index contributed by atoms with van der Waals surface area (Å²) in [5.74, 6) is 0. The van der Waals surface area contributed by atoms with Crippen molar-refractivity contribution in [2.24, 2.45) is 0 Å². The zero-order valence-electron chi connectivity index (χ0n) is 19.7. The van der Waals surface area contributed by atoms with Gasteiger partial charge in [-0.3, -0.25) is 20.4 Å². The van der Waals surface area contributed by atoms with Gasteiger partial charge in [0.1, 0.15) is 0 Å². The van der Waals surface area contributed by atoms with E-state index in [2.05, 4.69) is 99.4 Å². The number of nitrogens with zero attached hydrogens (tertiary/aromatic N) is 2. The summed E-state index contributed by atoms with van der Waals surface area (Å²) < 4.78 is 0. The first-order chi connectivity index (χ1) is 16.3. The summed E-state index contributed by atoms with van der Waals surface area (Å²) in [5, 5.41) is 16.8. The Hall–Kier alpha value is -2.54. The number of hydrogen-bond acceptors (Lipinski definition) is 3. The van der Waals surface area contributed by atoms with Crippen molar-refractivity contribution in [1.29, 1.82) is 0 Å². The molecule has 4 aromatic rings. The molecule has 179 valence electrons. The monoisotopic (exact) mass is 542 g/mol. The molecule has 1 radical (unpaired) electrons. The molecule has 0 spiro atoms. The van der Waals surface area contributed by atoms with Crippen molar-refractivity contribution in [1.82, 2.24) is 0 Å². The van der Waals surface area contributed by atoms with Gasteiger partial charge in [-0.15, -0.1) is 6.54 Å². The Morgan fingerprint density at radius 2 is 1.09 bits per heavy atom. The van der Waals surface area contributed by atoms with E-state index in [1.54, 1.807) is 0 Å². The summed E-state index contributed by atoms with van der Waals surface area (Å²) in [4.78, 5) is 23.2. The van der Waals surface area contributed by atoms with Crippen LogP contribution < -0.4 is 0 Å². The Balaban J connectivity index is 0. The molecule has 0 atom stereocenters. The second kappa shape index (κ2) is 21.0. The van der Waals surface area contributed by atoms with Gasteiger partial charge >= 0.3 is 20.1 Å². The molecule has 0 saturated heterocycles. The smallest absolute Gasteiger partial charge is 0.679 e. The van der Waals surface area contributed by atoms with Gasteiger partial charge in [-0.05, 0) is 32.3 Å². The molecule has 0 saturated carbocycles. The molecule has 0 heterocycles. The van der Waals surface area contributed by atoms with Crippen LogP contribution >= 0.6 is 0 Å². The number of rotatable bonds is 7. The van der Waals surface area contributed by atoms with Crippen molar-refractivity contribution < 1.29 is 34.5 Å². The molecule has 4 rings (SSSR count). The van der Waals surface area contributed by atoms with Crippen LogP contribution in [0.5, 0.6) is 0 Å². The molecule has 0 aliphatic carbocycles. The maximum atomic E-state index is 7.75. The van der Waals surface area contributed by atoms with Gasteiger partial charge in [0, 0.05) is 0 Å². The summed E-state index contributed by atoms with van der Waals surface area (Å²) in [5.41, 5.74) is 8.32. The van der Waals surface area contributed by atoms with Gasteiger partial charge < -0.3 is 30.8 Å². The Kier molecular flexibility index (Phi) is 20.8. The predicted molar refractivity (Wildman–Crippen MR) is 141 cm³/mol. The first-order valence-corrected chi connectivity index (χ1v) is 10.6. The summed E-state index contributed by atoms with van der Waals surface area (Å²) in [7, 11) is 0. The standard InChI is InChI=1S/C21H20N3.C3H8.3CHO.Tc/c22-8-9-23-10-11-24-14-15-12-18-6-4-16-2-1-3-17-5-7-19(13-15)21(18)20(16)17;1-3-2;3*1-2;/h1-7,12-13,22H,8-11,14H2;3H2,1-2H3;3*1H;/q-3;;3*-1;+6. The van der Waals surface area contributed by atoms with E-state index < -0.39 is 0 Å². The van der Waals surface area contributed by atoms with Crippen molar-refractivity contribution in [3.63, 3.8) is 0 Å². The van der Waals surface area contributed by atoms with E-state index in [0.29, 0.717) is 13.1 Å². The molecule has 34 heavy (non-hydrogen) atoms. The molecule has 0 unspecified atom stereocenters. The predicted octanol–water partition coefficient (Wildman–Crippen LogP) is 6.48. The molecular formula is C27H31N3O3Tc. The summed E-state index contributed by atoms with van der Waals surface area (Å²) in [6, 6.07) is 19.9. The Morgan fingerprint density at radius 1 is 0.676 bits per heavy atom. The maximum absolute atomic E-state index is 7.75. The summed E-state index contributed by atoms with van der Waals surface area (Å²) in [6.45, 7) is 17.2. The number of nitrogens with one attached hydrogen (secondary N) is 1. The summed E-state index contributed by atoms with van der Waals surface area (Å²) >= 11 is 0. The van der Waals surface area contributed by atoms with Gasteiger partial charge in [-0.2, -0.15) is 26.2 Å². The topological polar surface area (TPSA) is 103 Å². The molecule has 7 heteroatoms. The van der Waals surface area contributed by atoms with Crippen molar-refractivity contribution in [2.75, 3.05) is 26.2 Å². The fraction of sp³-hybridized carbons (Fsp3) is 0.296. The fourth-order valence-corrected chi connectivity index (χ4v) is 3.45. The zero-order valence-corrected chi connectivity index (χ0v) is 21.5. The van der Waals surface area contributed by atoms with Gasteiger partial charge in [-0.25, -0.2) is 0 Å². The molecule has 0 aliphatic heterocycles. The second-order valence-electron chi connectivity index (χ2n) is 6.86. The maximum Gasteiger partial charge on any atom is 6.00 e. The van der Waals surface area contributed by atoms with Crippen LogP contribution in [-0.2, 0) is 41.0 Å². The third kappa shape index (κ3) is 9.75. The first-order valence-electron chi connectivity index (χ1n) is 10.6. The van der Waals surface area contributed by atoms with Gasteiger partial charge in [0.05, 0.1) is 0 Å². The van der Waals surface area contributed by atoms with E-state index in [1.165, 1.54) is 44.3 Å². The minimum absolute atomic E-state index is 0. The van der Waals surface area contributed by atoms with Gasteiger partial charge in [0.25, 0.3) is 0 Å². The molecule has 6 nitrogen and oxygen atoms in total. The molecule has 0 aliphatic rings. The average Bonchev–Trinajstić information content (AvgIpc) is 2.89. The van der Waals surface area contributed by atoms with Crippen molar-refractivity contribution >= 4 is 52.7 Å². The van der Waals surface area contributed by atoms with Crippen molar-refractivity contribution in [3.8, 4) is 0 Å². The van der Waals surface area contributed by atoms with Crippen molar-refractivity contribution in [3.05, 3.63) is 76.5 Å². The van der Waals surface area contributed by atoms with Crippen LogP contribution in [0.25, 0.3) is 48.7 Å². The van der Waals surface area contributed by atoms with Crippen molar-refractivity contribution in [2.45, 2.75) is 26.8 Å². The van der Waals surface area contributed by atoms with Crippen LogP contribution in [0.2, 0.25) is 0 Å². The van der Waals surface area contributed by atoms with Crippen LogP contribution in [0, 0.1) is 0 Å². The third-order valence-electron chi connectivity index (χ3n) is 4.50. The van der Waals surface area contributed by atoms with Gasteiger partial charge in [0.2, 0.25) is 0 Å². The van der Waals surface area contributed by atoms with Crippen LogP contribution in [0.3, 0.4) is 0 Å². The molecule has 0 amide bonds. The first kappa shape index (κ1) is 33.6. The number of carbonyl (C=O) groups excluding carboxylic acids is 3. The molecule has 1 N–H and O–H groups in total. The van der Waals surface area contributed by atoms with E-state index in [0.717, 1.165) is 19.6 Å². The second-order valence-corrected chi connectivity index (χ2v) is 6.86. The molecule has 0 aromatic heterocycles. The van der Waals surface area contributed by atoms with E-state index in [1.807, 2.05) is 0 Å². The molecular weight excluding hydrogens is 512 g/mol. The Labute approximate surface area is 216 Å².